The molecule has 1 saturated heterocycles. The summed E-state index contributed by atoms with van der Waals surface area (Å²) < 4.78 is 91.2. The van der Waals surface area contributed by atoms with E-state index in [1.165, 1.54) is 23.1 Å². The molecule has 0 spiro atoms. The number of ether oxygens (including phenoxy) is 1. The monoisotopic (exact) mass is 672 g/mol. The molecule has 1 heterocycles. The number of nitrogens with zero attached hydrogens (tertiary/aromatic N) is 2. The van der Waals surface area contributed by atoms with Crippen LogP contribution in [0.2, 0.25) is 0 Å². The summed E-state index contributed by atoms with van der Waals surface area (Å²) in [6, 6.07) is 7.96. The number of aliphatic carboxylic acids is 2. The van der Waals surface area contributed by atoms with E-state index in [0.717, 1.165) is 24.3 Å². The fourth-order valence-electron chi connectivity index (χ4n) is 5.69. The van der Waals surface area contributed by atoms with E-state index in [2.05, 4.69) is 0 Å². The van der Waals surface area contributed by atoms with Crippen molar-refractivity contribution in [2.24, 2.45) is 23.7 Å². The summed E-state index contributed by atoms with van der Waals surface area (Å²) >= 11 is 0.491. The molecule has 5 rings (SSSR count). The summed E-state index contributed by atoms with van der Waals surface area (Å²) in [5.74, 6) is -4.05. The third-order valence-electron chi connectivity index (χ3n) is 8.29. The van der Waals surface area contributed by atoms with Crippen molar-refractivity contribution in [2.45, 2.75) is 35.0 Å². The number of carboxylic acid groups (broad SMARTS) is 2. The minimum atomic E-state index is -5.41. The lowest BCUT2D eigenvalue weighted by atomic mass is 9.99. The number of carboxylic acids is 2. The van der Waals surface area contributed by atoms with Crippen molar-refractivity contribution in [2.75, 3.05) is 44.3 Å². The van der Waals surface area contributed by atoms with Crippen LogP contribution in [0.25, 0.3) is 6.08 Å². The van der Waals surface area contributed by atoms with Crippen LogP contribution in [-0.4, -0.2) is 72.4 Å². The first-order chi connectivity index (χ1) is 21.6. The van der Waals surface area contributed by atoms with Crippen molar-refractivity contribution >= 4 is 41.4 Å². The van der Waals surface area contributed by atoms with Crippen molar-refractivity contribution in [3.8, 4) is 0 Å². The van der Waals surface area contributed by atoms with Gasteiger partial charge in [-0.2, -0.15) is 26.3 Å². The van der Waals surface area contributed by atoms with Gasteiger partial charge < -0.3 is 24.7 Å². The summed E-state index contributed by atoms with van der Waals surface area (Å²) in [4.78, 5) is 37.9. The van der Waals surface area contributed by atoms with Crippen LogP contribution in [0.4, 0.5) is 32.0 Å². The normalized spacial score (nSPS) is 23.0. The number of benzene rings is 2. The van der Waals surface area contributed by atoms with E-state index in [0.29, 0.717) is 30.3 Å². The molecule has 4 atom stereocenters. The minimum absolute atomic E-state index is 0.197. The number of carbonyl (C=O) groups is 3. The van der Waals surface area contributed by atoms with E-state index < -0.39 is 63.6 Å². The third-order valence-corrected chi connectivity index (χ3v) is 9.34. The molecule has 248 valence electrons. The predicted octanol–water partition coefficient (Wildman–Crippen LogP) is 6.00. The summed E-state index contributed by atoms with van der Waals surface area (Å²) in [6.45, 7) is 1.45. The van der Waals surface area contributed by atoms with Gasteiger partial charge in [-0.3, -0.25) is 14.4 Å². The maximum absolute atomic E-state index is 14.4. The van der Waals surface area contributed by atoms with Crippen molar-refractivity contribution in [3.05, 3.63) is 59.2 Å². The smallest absolute Gasteiger partial charge is 0.418 e. The Morgan fingerprint density at radius 1 is 0.891 bits per heavy atom. The molecule has 2 saturated carbocycles. The lowest BCUT2D eigenvalue weighted by Gasteiger charge is -2.26. The second-order valence-electron chi connectivity index (χ2n) is 11.6. The van der Waals surface area contributed by atoms with Gasteiger partial charge >= 0.3 is 24.3 Å². The summed E-state index contributed by atoms with van der Waals surface area (Å²) in [6.07, 6.45) is -8.37. The van der Waals surface area contributed by atoms with Gasteiger partial charge in [-0.05, 0) is 60.6 Å². The fraction of sp³-hybridized carbons (Fsp3) is 0.452. The predicted molar refractivity (Wildman–Crippen MR) is 154 cm³/mol. The first kappa shape index (κ1) is 33.6. The standard InChI is InChI=1S/C31H30F6N2O6S/c32-30(33,34)26-17(5-7-25(40)38-8-10-45-11-9-38)4-6-24(27(26)31(35,36)37)46-21-3-1-2-20(14-21)39(15-18-12-22(18)28(41)42)16-19-13-23(19)29(43)44/h1-7,14,18-19,22-23H,8-13,15-16H2,(H,41,42)(H,43,44). The minimum Gasteiger partial charge on any atom is -0.481 e. The molecule has 0 aromatic heterocycles. The highest BCUT2D eigenvalue weighted by Gasteiger charge is 2.48. The van der Waals surface area contributed by atoms with Gasteiger partial charge in [-0.1, -0.05) is 23.9 Å². The van der Waals surface area contributed by atoms with Crippen molar-refractivity contribution < 1.29 is 55.7 Å². The number of morpholine rings is 1. The second-order valence-corrected chi connectivity index (χ2v) is 12.7. The molecule has 2 aromatic rings. The third kappa shape index (κ3) is 7.97. The molecular weight excluding hydrogens is 642 g/mol. The molecule has 2 N–H and O–H groups in total. The average Bonchev–Trinajstić information content (AvgIpc) is 3.91. The van der Waals surface area contributed by atoms with Crippen molar-refractivity contribution in [3.63, 3.8) is 0 Å². The summed E-state index contributed by atoms with van der Waals surface area (Å²) in [5, 5.41) is 18.7. The van der Waals surface area contributed by atoms with Gasteiger partial charge in [-0.15, -0.1) is 0 Å². The Kier molecular flexibility index (Phi) is 9.64. The quantitative estimate of drug-likeness (QED) is 0.221. The van der Waals surface area contributed by atoms with Gasteiger partial charge in [0.15, 0.2) is 0 Å². The van der Waals surface area contributed by atoms with Crippen molar-refractivity contribution in [1.29, 1.82) is 0 Å². The molecule has 1 amide bonds. The zero-order valence-corrected chi connectivity index (χ0v) is 25.0. The number of alkyl halides is 6. The highest BCUT2D eigenvalue weighted by molar-refractivity contribution is 7.99. The Morgan fingerprint density at radius 3 is 2.00 bits per heavy atom. The lowest BCUT2D eigenvalue weighted by Crippen LogP contribution is -2.39. The van der Waals surface area contributed by atoms with E-state index in [9.17, 15) is 50.9 Å². The van der Waals surface area contributed by atoms with Crippen LogP contribution in [0.15, 0.2) is 52.3 Å². The number of hydrogen-bond acceptors (Lipinski definition) is 6. The Morgan fingerprint density at radius 2 is 1.48 bits per heavy atom. The van der Waals surface area contributed by atoms with Crippen LogP contribution in [0.5, 0.6) is 0 Å². The Labute approximate surface area is 264 Å². The second kappa shape index (κ2) is 13.2. The van der Waals surface area contributed by atoms with Crippen LogP contribution < -0.4 is 4.90 Å². The number of rotatable bonds is 11. The van der Waals surface area contributed by atoms with E-state index in [4.69, 9.17) is 4.74 Å². The number of amides is 1. The topological polar surface area (TPSA) is 107 Å². The largest absolute Gasteiger partial charge is 0.481 e. The Bertz CT molecular complexity index is 1490. The Hall–Kier alpha value is -3.72. The average molecular weight is 673 g/mol. The van der Waals surface area contributed by atoms with Crippen molar-refractivity contribution in [1.82, 2.24) is 4.90 Å². The van der Waals surface area contributed by atoms with Gasteiger partial charge in [0, 0.05) is 47.7 Å². The molecule has 1 aliphatic heterocycles. The van der Waals surface area contributed by atoms with Gasteiger partial charge in [0.05, 0.1) is 36.2 Å². The van der Waals surface area contributed by atoms with Gasteiger partial charge in [-0.25, -0.2) is 0 Å². The van der Waals surface area contributed by atoms with Crippen LogP contribution in [0.1, 0.15) is 29.5 Å². The molecule has 2 aliphatic carbocycles. The van der Waals surface area contributed by atoms with Gasteiger partial charge in [0.25, 0.3) is 0 Å². The van der Waals surface area contributed by atoms with E-state index in [-0.39, 0.29) is 56.1 Å². The zero-order valence-electron chi connectivity index (χ0n) is 24.2. The molecule has 3 aliphatic rings. The Balaban J connectivity index is 1.45. The molecule has 3 fully saturated rings. The van der Waals surface area contributed by atoms with Gasteiger partial charge in [0.2, 0.25) is 5.91 Å². The van der Waals surface area contributed by atoms with Crippen LogP contribution >= 0.6 is 11.8 Å². The van der Waals surface area contributed by atoms with E-state index >= 15 is 0 Å². The first-order valence-electron chi connectivity index (χ1n) is 14.5. The molecule has 8 nitrogen and oxygen atoms in total. The number of anilines is 1. The molecule has 15 heteroatoms. The van der Waals surface area contributed by atoms with E-state index in [1.54, 1.807) is 11.0 Å². The highest BCUT2D eigenvalue weighted by Crippen LogP contribution is 2.49. The van der Waals surface area contributed by atoms with Gasteiger partial charge in [0.1, 0.15) is 0 Å². The van der Waals surface area contributed by atoms with E-state index in [1.807, 2.05) is 0 Å². The molecular formula is C31H30F6N2O6S. The van der Waals surface area contributed by atoms with Crippen LogP contribution in [0.3, 0.4) is 0 Å². The highest BCUT2D eigenvalue weighted by atomic mass is 32.2. The number of carbonyl (C=O) groups excluding carboxylic acids is 1. The maximum Gasteiger partial charge on any atom is 0.418 e. The summed E-state index contributed by atoms with van der Waals surface area (Å²) in [5.41, 5.74) is -4.10. The molecule has 0 radical (unpaired) electrons. The first-order valence-corrected chi connectivity index (χ1v) is 15.3. The maximum atomic E-state index is 14.4. The molecule has 2 aromatic carbocycles. The zero-order chi connectivity index (χ0) is 33.4. The SMILES string of the molecule is O=C(O)C1CC1CN(CC1CC1C(=O)O)c1cccc(Sc2ccc(C=CC(=O)N3CCOCC3)c(C(F)(F)F)c2C(F)(F)F)c1. The fourth-order valence-corrected chi connectivity index (χ4v) is 6.72. The molecule has 0 bridgehead atoms. The molecule has 46 heavy (non-hydrogen) atoms. The number of hydrogen-bond donors (Lipinski definition) is 2. The van der Waals surface area contributed by atoms with Crippen LogP contribution in [-0.2, 0) is 31.5 Å². The molecule has 4 unspecified atom stereocenters. The number of halogens is 6. The van der Waals surface area contributed by atoms with Crippen LogP contribution in [0, 0.1) is 23.7 Å². The summed E-state index contributed by atoms with van der Waals surface area (Å²) in [7, 11) is 0. The lowest BCUT2D eigenvalue weighted by molar-refractivity contribution is -0.163.